The Balaban J connectivity index is 1.72. The van der Waals surface area contributed by atoms with Crippen LogP contribution in [0.25, 0.3) is 0 Å². The number of aliphatic hydroxyl groups excluding tert-OH is 1. The first kappa shape index (κ1) is 10.4. The van der Waals surface area contributed by atoms with E-state index in [1.165, 1.54) is 19.3 Å². The molecule has 1 N–H and O–H groups in total. The fraction of sp³-hybridized carbons (Fsp3) is 1.00. The highest BCUT2D eigenvalue weighted by Gasteiger charge is 2.33. The summed E-state index contributed by atoms with van der Waals surface area (Å²) in [7, 11) is 4.29. The van der Waals surface area contributed by atoms with Crippen LogP contribution in [0.4, 0.5) is 0 Å². The minimum Gasteiger partial charge on any atom is -0.392 e. The van der Waals surface area contributed by atoms with Crippen LogP contribution >= 0.6 is 0 Å². The van der Waals surface area contributed by atoms with Crippen LogP contribution in [-0.2, 0) is 0 Å². The van der Waals surface area contributed by atoms with E-state index in [4.69, 9.17) is 0 Å². The summed E-state index contributed by atoms with van der Waals surface area (Å²) in [4.78, 5) is 4.71. The summed E-state index contributed by atoms with van der Waals surface area (Å²) < 4.78 is 0. The van der Waals surface area contributed by atoms with Crippen molar-refractivity contribution in [2.75, 3.05) is 33.7 Å². The zero-order chi connectivity index (χ0) is 10.1. The molecule has 0 bridgehead atoms. The van der Waals surface area contributed by atoms with Crippen molar-refractivity contribution in [3.05, 3.63) is 0 Å². The fourth-order valence-electron chi connectivity index (χ4n) is 2.29. The summed E-state index contributed by atoms with van der Waals surface area (Å²) >= 11 is 0. The maximum absolute atomic E-state index is 9.82. The monoisotopic (exact) mass is 198 g/mol. The van der Waals surface area contributed by atoms with Gasteiger partial charge >= 0.3 is 0 Å². The molecule has 2 atom stereocenters. The van der Waals surface area contributed by atoms with Gasteiger partial charge in [-0.25, -0.2) is 0 Å². The molecule has 1 aliphatic heterocycles. The smallest absolute Gasteiger partial charge is 0.0695 e. The van der Waals surface area contributed by atoms with Crippen molar-refractivity contribution in [2.24, 2.45) is 5.92 Å². The molecule has 82 valence electrons. The number of hydrogen-bond acceptors (Lipinski definition) is 3. The molecule has 14 heavy (non-hydrogen) atoms. The molecule has 3 heteroatoms. The quantitative estimate of drug-likeness (QED) is 0.708. The lowest BCUT2D eigenvalue weighted by Gasteiger charge is -2.22. The zero-order valence-corrected chi connectivity index (χ0v) is 9.32. The second-order valence-corrected chi connectivity index (χ2v) is 5.07. The Kier molecular flexibility index (Phi) is 3.10. The van der Waals surface area contributed by atoms with Crippen molar-refractivity contribution < 1.29 is 5.11 Å². The molecule has 0 spiro atoms. The number of aliphatic hydroxyl groups is 1. The van der Waals surface area contributed by atoms with E-state index >= 15 is 0 Å². The van der Waals surface area contributed by atoms with Crippen LogP contribution < -0.4 is 0 Å². The SMILES string of the molecule is CN(C)C1CCN(CC(O)C2CC2)C1. The third-order valence-corrected chi connectivity index (χ3v) is 3.59. The average molecular weight is 198 g/mol. The Hall–Kier alpha value is -0.120. The molecular formula is C11H22N2O. The van der Waals surface area contributed by atoms with Gasteiger partial charge in [-0.3, -0.25) is 4.90 Å². The molecule has 2 fully saturated rings. The standard InChI is InChI=1S/C11H22N2O/c1-12(2)10-5-6-13(7-10)8-11(14)9-3-4-9/h9-11,14H,3-8H2,1-2H3. The highest BCUT2D eigenvalue weighted by atomic mass is 16.3. The maximum Gasteiger partial charge on any atom is 0.0695 e. The van der Waals surface area contributed by atoms with Gasteiger partial charge in [-0.15, -0.1) is 0 Å². The van der Waals surface area contributed by atoms with Crippen molar-refractivity contribution in [3.8, 4) is 0 Å². The minimum atomic E-state index is -0.0593. The molecule has 0 radical (unpaired) electrons. The van der Waals surface area contributed by atoms with Crippen LogP contribution in [0, 0.1) is 5.92 Å². The average Bonchev–Trinajstić information content (AvgIpc) is 2.87. The Morgan fingerprint density at radius 3 is 2.57 bits per heavy atom. The van der Waals surface area contributed by atoms with E-state index in [2.05, 4.69) is 23.9 Å². The van der Waals surface area contributed by atoms with Gasteiger partial charge in [0.05, 0.1) is 6.10 Å². The van der Waals surface area contributed by atoms with Gasteiger partial charge in [-0.2, -0.15) is 0 Å². The molecule has 1 heterocycles. The lowest BCUT2D eigenvalue weighted by molar-refractivity contribution is 0.103. The predicted molar refractivity (Wildman–Crippen MR) is 57.3 cm³/mol. The highest BCUT2D eigenvalue weighted by molar-refractivity contribution is 4.87. The number of hydrogen-bond donors (Lipinski definition) is 1. The third-order valence-electron chi connectivity index (χ3n) is 3.59. The molecule has 0 amide bonds. The van der Waals surface area contributed by atoms with Gasteiger partial charge in [0.25, 0.3) is 0 Å². The molecule has 0 aromatic carbocycles. The third kappa shape index (κ3) is 2.47. The van der Waals surface area contributed by atoms with Crippen molar-refractivity contribution in [1.29, 1.82) is 0 Å². The van der Waals surface area contributed by atoms with Gasteiger partial charge in [-0.05, 0) is 45.8 Å². The van der Waals surface area contributed by atoms with Crippen LogP contribution in [-0.4, -0.2) is 60.8 Å². The maximum atomic E-state index is 9.82. The summed E-state index contributed by atoms with van der Waals surface area (Å²) in [6, 6.07) is 0.696. The minimum absolute atomic E-state index is 0.0593. The Labute approximate surface area is 86.7 Å². The zero-order valence-electron chi connectivity index (χ0n) is 9.32. The van der Waals surface area contributed by atoms with E-state index in [9.17, 15) is 5.11 Å². The molecular weight excluding hydrogens is 176 g/mol. The first-order valence-corrected chi connectivity index (χ1v) is 5.73. The number of likely N-dealkylation sites (tertiary alicyclic amines) is 1. The Morgan fingerprint density at radius 2 is 2.07 bits per heavy atom. The Morgan fingerprint density at radius 1 is 1.36 bits per heavy atom. The summed E-state index contributed by atoms with van der Waals surface area (Å²) in [6.45, 7) is 3.19. The first-order chi connectivity index (χ1) is 6.66. The second-order valence-electron chi connectivity index (χ2n) is 5.07. The van der Waals surface area contributed by atoms with Crippen LogP contribution in [0.1, 0.15) is 19.3 Å². The molecule has 2 rings (SSSR count). The van der Waals surface area contributed by atoms with Crippen LogP contribution in [0.5, 0.6) is 0 Å². The topological polar surface area (TPSA) is 26.7 Å². The van der Waals surface area contributed by atoms with Gasteiger partial charge in [0.2, 0.25) is 0 Å². The second kappa shape index (κ2) is 4.17. The van der Waals surface area contributed by atoms with Crippen LogP contribution in [0.3, 0.4) is 0 Å². The van der Waals surface area contributed by atoms with Gasteiger partial charge in [0, 0.05) is 19.1 Å². The van der Waals surface area contributed by atoms with Gasteiger partial charge in [-0.1, -0.05) is 0 Å². The molecule has 0 aromatic rings. The molecule has 1 aliphatic carbocycles. The van der Waals surface area contributed by atoms with Crippen LogP contribution in [0.2, 0.25) is 0 Å². The summed E-state index contributed by atoms with van der Waals surface area (Å²) in [5.74, 6) is 0.619. The molecule has 3 nitrogen and oxygen atoms in total. The molecule has 2 aliphatic rings. The van der Waals surface area contributed by atoms with Crippen molar-refractivity contribution in [1.82, 2.24) is 9.80 Å². The van der Waals surface area contributed by atoms with Gasteiger partial charge in [0.15, 0.2) is 0 Å². The summed E-state index contributed by atoms with van der Waals surface area (Å²) in [5, 5.41) is 9.82. The fourth-order valence-corrected chi connectivity index (χ4v) is 2.29. The van der Waals surface area contributed by atoms with Crippen molar-refractivity contribution in [2.45, 2.75) is 31.4 Å². The number of nitrogens with zero attached hydrogens (tertiary/aromatic N) is 2. The predicted octanol–water partition coefficient (Wildman–Crippen LogP) is 0.393. The van der Waals surface area contributed by atoms with E-state index < -0.39 is 0 Å². The first-order valence-electron chi connectivity index (χ1n) is 5.73. The number of β-amino-alcohol motifs (C(OH)–C–C–N with tert-alkyl or cyclic N) is 1. The molecule has 1 saturated carbocycles. The molecule has 0 aromatic heterocycles. The molecule has 1 saturated heterocycles. The lowest BCUT2D eigenvalue weighted by Crippen LogP contribution is -2.35. The van der Waals surface area contributed by atoms with Crippen LogP contribution in [0.15, 0.2) is 0 Å². The van der Waals surface area contributed by atoms with Gasteiger partial charge < -0.3 is 10.0 Å². The van der Waals surface area contributed by atoms with Crippen molar-refractivity contribution >= 4 is 0 Å². The van der Waals surface area contributed by atoms with E-state index in [0.717, 1.165) is 19.6 Å². The molecule has 2 unspecified atom stereocenters. The van der Waals surface area contributed by atoms with E-state index in [-0.39, 0.29) is 6.10 Å². The van der Waals surface area contributed by atoms with E-state index in [1.54, 1.807) is 0 Å². The number of likely N-dealkylation sites (N-methyl/N-ethyl adjacent to an activating group) is 1. The highest BCUT2D eigenvalue weighted by Crippen LogP contribution is 2.33. The summed E-state index contributed by atoms with van der Waals surface area (Å²) in [5.41, 5.74) is 0. The lowest BCUT2D eigenvalue weighted by atomic mass is 10.2. The summed E-state index contributed by atoms with van der Waals surface area (Å²) in [6.07, 6.45) is 3.68. The Bertz CT molecular complexity index is 192. The van der Waals surface area contributed by atoms with Gasteiger partial charge in [0.1, 0.15) is 0 Å². The van der Waals surface area contributed by atoms with Crippen molar-refractivity contribution in [3.63, 3.8) is 0 Å². The normalized spacial score (nSPS) is 31.3. The number of rotatable bonds is 4. The largest absolute Gasteiger partial charge is 0.392 e. The van der Waals surface area contributed by atoms with E-state index in [0.29, 0.717) is 12.0 Å². The van der Waals surface area contributed by atoms with E-state index in [1.807, 2.05) is 0 Å².